The highest BCUT2D eigenvalue weighted by Gasteiger charge is 2.15. The number of aryl methyl sites for hydroxylation is 2. The predicted octanol–water partition coefficient (Wildman–Crippen LogP) is 1.98. The van der Waals surface area contributed by atoms with Gasteiger partial charge in [0.25, 0.3) is 0 Å². The Morgan fingerprint density at radius 3 is 2.44 bits per heavy atom. The van der Waals surface area contributed by atoms with E-state index in [1.165, 1.54) is 0 Å². The second-order valence-electron chi connectivity index (χ2n) is 4.76. The summed E-state index contributed by atoms with van der Waals surface area (Å²) in [5, 5.41) is 5.02. The molecule has 0 fully saturated rings. The molecule has 1 rings (SSSR count). The van der Waals surface area contributed by atoms with Crippen LogP contribution in [0.2, 0.25) is 5.15 Å². The van der Waals surface area contributed by atoms with Crippen LogP contribution in [0.5, 0.6) is 0 Å². The van der Waals surface area contributed by atoms with Gasteiger partial charge in [0.05, 0.1) is 5.69 Å². The van der Waals surface area contributed by atoms with Gasteiger partial charge in [0.15, 0.2) is 0 Å². The summed E-state index contributed by atoms with van der Waals surface area (Å²) in [5.41, 5.74) is 8.26. The lowest BCUT2D eigenvalue weighted by atomic mass is 10.0. The van der Waals surface area contributed by atoms with Crippen molar-refractivity contribution in [2.75, 3.05) is 19.6 Å². The van der Waals surface area contributed by atoms with Crippen LogP contribution in [0.1, 0.15) is 31.5 Å². The van der Waals surface area contributed by atoms with Gasteiger partial charge in [0.1, 0.15) is 5.15 Å². The van der Waals surface area contributed by atoms with Crippen LogP contribution in [0.3, 0.4) is 0 Å². The first-order valence-corrected chi connectivity index (χ1v) is 7.03. The smallest absolute Gasteiger partial charge is 0.130 e. The minimum atomic E-state index is 0.144. The van der Waals surface area contributed by atoms with Crippen molar-refractivity contribution >= 4 is 11.6 Å². The van der Waals surface area contributed by atoms with E-state index in [4.69, 9.17) is 17.3 Å². The lowest BCUT2D eigenvalue weighted by Crippen LogP contribution is -2.31. The van der Waals surface area contributed by atoms with Crippen LogP contribution in [-0.4, -0.2) is 40.4 Å². The van der Waals surface area contributed by atoms with Gasteiger partial charge in [-0.25, -0.2) is 0 Å². The van der Waals surface area contributed by atoms with Crippen molar-refractivity contribution < 1.29 is 0 Å². The van der Waals surface area contributed by atoms with E-state index < -0.39 is 0 Å². The number of nitrogens with two attached hydrogens (primary N) is 1. The first-order chi connectivity index (χ1) is 8.49. The number of hydrogen-bond acceptors (Lipinski definition) is 3. The molecule has 0 aromatic carbocycles. The van der Waals surface area contributed by atoms with E-state index in [1.807, 2.05) is 14.0 Å². The van der Waals surface area contributed by atoms with E-state index in [0.29, 0.717) is 5.15 Å². The van der Waals surface area contributed by atoms with Crippen LogP contribution in [0.25, 0.3) is 0 Å². The Bertz CT molecular complexity index is 371. The normalized spacial score (nSPS) is 13.3. The minimum Gasteiger partial charge on any atom is -0.327 e. The van der Waals surface area contributed by atoms with E-state index in [-0.39, 0.29) is 6.04 Å². The molecule has 2 N–H and O–H groups in total. The van der Waals surface area contributed by atoms with Crippen LogP contribution in [0.4, 0.5) is 0 Å². The third-order valence-electron chi connectivity index (χ3n) is 3.45. The molecular formula is C13H25ClN4. The maximum atomic E-state index is 6.21. The van der Waals surface area contributed by atoms with Gasteiger partial charge in [0, 0.05) is 18.7 Å². The monoisotopic (exact) mass is 272 g/mol. The molecule has 5 heteroatoms. The molecule has 0 saturated carbocycles. The molecule has 0 radical (unpaired) electrons. The maximum Gasteiger partial charge on any atom is 0.130 e. The number of nitrogens with zero attached hydrogens (tertiary/aromatic N) is 3. The van der Waals surface area contributed by atoms with Crippen molar-refractivity contribution in [1.29, 1.82) is 0 Å². The van der Waals surface area contributed by atoms with Gasteiger partial charge in [-0.05, 0) is 39.4 Å². The SMILES string of the molecule is CCN(CC)CCC(N)Cc1c(C)nn(C)c1Cl. The maximum absolute atomic E-state index is 6.21. The molecule has 1 aromatic rings. The van der Waals surface area contributed by atoms with Gasteiger partial charge in [0.2, 0.25) is 0 Å². The minimum absolute atomic E-state index is 0.144. The highest BCUT2D eigenvalue weighted by Crippen LogP contribution is 2.20. The molecule has 18 heavy (non-hydrogen) atoms. The molecule has 1 unspecified atom stereocenters. The van der Waals surface area contributed by atoms with Crippen LogP contribution < -0.4 is 5.73 Å². The molecule has 0 spiro atoms. The van der Waals surface area contributed by atoms with Crippen LogP contribution >= 0.6 is 11.6 Å². The molecule has 1 heterocycles. The fourth-order valence-electron chi connectivity index (χ4n) is 2.16. The molecule has 0 saturated heterocycles. The fraction of sp³-hybridized carbons (Fsp3) is 0.769. The van der Waals surface area contributed by atoms with Gasteiger partial charge in [-0.3, -0.25) is 4.68 Å². The Hall–Kier alpha value is -0.580. The Balaban J connectivity index is 2.51. The Morgan fingerprint density at radius 1 is 1.39 bits per heavy atom. The van der Waals surface area contributed by atoms with Crippen LogP contribution in [0.15, 0.2) is 0 Å². The fourth-order valence-corrected chi connectivity index (χ4v) is 2.41. The van der Waals surface area contributed by atoms with E-state index in [1.54, 1.807) is 4.68 Å². The summed E-state index contributed by atoms with van der Waals surface area (Å²) in [5.74, 6) is 0. The van der Waals surface area contributed by atoms with E-state index >= 15 is 0 Å². The van der Waals surface area contributed by atoms with Crippen LogP contribution in [-0.2, 0) is 13.5 Å². The quantitative estimate of drug-likeness (QED) is 0.826. The Morgan fingerprint density at radius 2 is 2.00 bits per heavy atom. The summed E-state index contributed by atoms with van der Waals surface area (Å²) >= 11 is 6.21. The Labute approximate surface area is 115 Å². The summed E-state index contributed by atoms with van der Waals surface area (Å²) in [7, 11) is 1.86. The summed E-state index contributed by atoms with van der Waals surface area (Å²) in [6.07, 6.45) is 1.80. The van der Waals surface area contributed by atoms with Crippen molar-refractivity contribution in [3.05, 3.63) is 16.4 Å². The van der Waals surface area contributed by atoms with E-state index in [2.05, 4.69) is 23.8 Å². The largest absolute Gasteiger partial charge is 0.327 e. The zero-order chi connectivity index (χ0) is 13.7. The average molecular weight is 273 g/mol. The Kier molecular flexibility index (Phi) is 6.12. The van der Waals surface area contributed by atoms with Crippen molar-refractivity contribution in [2.24, 2.45) is 12.8 Å². The van der Waals surface area contributed by atoms with E-state index in [0.717, 1.165) is 43.7 Å². The lowest BCUT2D eigenvalue weighted by Gasteiger charge is -2.20. The number of aromatic nitrogens is 2. The van der Waals surface area contributed by atoms with Crippen molar-refractivity contribution in [3.63, 3.8) is 0 Å². The number of rotatable bonds is 7. The summed E-state index contributed by atoms with van der Waals surface area (Å²) in [6.45, 7) is 9.55. The number of hydrogen-bond donors (Lipinski definition) is 1. The molecule has 4 nitrogen and oxygen atoms in total. The molecule has 0 aliphatic carbocycles. The van der Waals surface area contributed by atoms with Gasteiger partial charge in [-0.1, -0.05) is 25.4 Å². The third kappa shape index (κ3) is 3.97. The molecule has 1 aromatic heterocycles. The highest BCUT2D eigenvalue weighted by atomic mass is 35.5. The molecule has 0 bridgehead atoms. The van der Waals surface area contributed by atoms with Crippen LogP contribution in [0, 0.1) is 6.92 Å². The molecule has 1 atom stereocenters. The van der Waals surface area contributed by atoms with Crippen molar-refractivity contribution in [1.82, 2.24) is 14.7 Å². The van der Waals surface area contributed by atoms with Crippen molar-refractivity contribution in [3.8, 4) is 0 Å². The van der Waals surface area contributed by atoms with E-state index in [9.17, 15) is 0 Å². The topological polar surface area (TPSA) is 47.1 Å². The molecule has 0 amide bonds. The predicted molar refractivity (Wildman–Crippen MR) is 77.0 cm³/mol. The molecule has 104 valence electrons. The van der Waals surface area contributed by atoms with Gasteiger partial charge >= 0.3 is 0 Å². The second kappa shape index (κ2) is 7.12. The third-order valence-corrected chi connectivity index (χ3v) is 3.92. The molecule has 0 aliphatic rings. The highest BCUT2D eigenvalue weighted by molar-refractivity contribution is 6.30. The molecule has 0 aliphatic heterocycles. The summed E-state index contributed by atoms with van der Waals surface area (Å²) < 4.78 is 1.71. The van der Waals surface area contributed by atoms with Gasteiger partial charge < -0.3 is 10.6 Å². The first kappa shape index (κ1) is 15.5. The lowest BCUT2D eigenvalue weighted by molar-refractivity contribution is 0.290. The molecular weight excluding hydrogens is 248 g/mol. The number of halogens is 1. The standard InChI is InChI=1S/C13H25ClN4/c1-5-18(6-2)8-7-11(15)9-12-10(3)16-17(4)13(12)14/h11H,5-9,15H2,1-4H3. The van der Waals surface area contributed by atoms with Crippen molar-refractivity contribution in [2.45, 2.75) is 39.7 Å². The average Bonchev–Trinajstić information content (AvgIpc) is 2.57. The summed E-state index contributed by atoms with van der Waals surface area (Å²) in [4.78, 5) is 2.39. The van der Waals surface area contributed by atoms with Gasteiger partial charge in [-0.15, -0.1) is 0 Å². The summed E-state index contributed by atoms with van der Waals surface area (Å²) in [6, 6.07) is 0.144. The zero-order valence-corrected chi connectivity index (χ0v) is 12.7. The zero-order valence-electron chi connectivity index (χ0n) is 11.9. The first-order valence-electron chi connectivity index (χ1n) is 6.65. The second-order valence-corrected chi connectivity index (χ2v) is 5.12. The van der Waals surface area contributed by atoms with Gasteiger partial charge in [-0.2, -0.15) is 5.10 Å².